The molecular formula is C13H13N5OS. The van der Waals surface area contributed by atoms with E-state index in [9.17, 15) is 0 Å². The van der Waals surface area contributed by atoms with Crippen LogP contribution >= 0.6 is 11.3 Å². The molecule has 0 radical (unpaired) electrons. The van der Waals surface area contributed by atoms with Crippen LogP contribution in [0, 0.1) is 0 Å². The van der Waals surface area contributed by atoms with Crippen LogP contribution in [0.15, 0.2) is 35.7 Å². The number of hydrogen-bond donors (Lipinski definition) is 3. The number of benzene rings is 1. The Kier molecular flexibility index (Phi) is 3.36. The van der Waals surface area contributed by atoms with E-state index in [4.69, 9.17) is 10.6 Å². The van der Waals surface area contributed by atoms with Gasteiger partial charge in [-0.25, -0.2) is 10.8 Å². The van der Waals surface area contributed by atoms with E-state index in [1.54, 1.807) is 7.11 Å². The van der Waals surface area contributed by atoms with E-state index < -0.39 is 0 Å². The first kappa shape index (κ1) is 12.6. The van der Waals surface area contributed by atoms with Crippen LogP contribution in [0.2, 0.25) is 0 Å². The van der Waals surface area contributed by atoms with Gasteiger partial charge in [-0.05, 0) is 23.6 Å². The Morgan fingerprint density at radius 1 is 1.25 bits per heavy atom. The van der Waals surface area contributed by atoms with Crippen LogP contribution in [0.4, 0.5) is 17.5 Å². The molecule has 2 heterocycles. The molecular weight excluding hydrogens is 274 g/mol. The van der Waals surface area contributed by atoms with E-state index in [1.165, 1.54) is 11.3 Å². The molecule has 6 nitrogen and oxygen atoms in total. The molecule has 3 rings (SSSR count). The molecule has 20 heavy (non-hydrogen) atoms. The first-order valence-electron chi connectivity index (χ1n) is 5.93. The molecule has 4 N–H and O–H groups in total. The number of anilines is 3. The molecule has 102 valence electrons. The van der Waals surface area contributed by atoms with Gasteiger partial charge in [0.2, 0.25) is 5.95 Å². The third kappa shape index (κ3) is 2.36. The molecule has 0 fully saturated rings. The Morgan fingerprint density at radius 3 is 2.95 bits per heavy atom. The van der Waals surface area contributed by atoms with Crippen LogP contribution < -0.4 is 21.3 Å². The van der Waals surface area contributed by atoms with Gasteiger partial charge in [0.1, 0.15) is 16.4 Å². The molecule has 3 aromatic rings. The smallest absolute Gasteiger partial charge is 0.240 e. The lowest BCUT2D eigenvalue weighted by Gasteiger charge is -2.09. The van der Waals surface area contributed by atoms with Crippen molar-refractivity contribution in [3.8, 4) is 5.75 Å². The normalized spacial score (nSPS) is 10.5. The summed E-state index contributed by atoms with van der Waals surface area (Å²) in [5, 5.41) is 6.19. The number of fused-ring (bicyclic) bond motifs is 1. The predicted octanol–water partition coefficient (Wildman–Crippen LogP) is 2.73. The molecule has 0 aliphatic heterocycles. The Hall–Kier alpha value is -2.38. The number of methoxy groups -OCH3 is 1. The van der Waals surface area contributed by atoms with Crippen molar-refractivity contribution < 1.29 is 4.74 Å². The van der Waals surface area contributed by atoms with Crippen molar-refractivity contribution in [2.24, 2.45) is 5.84 Å². The highest BCUT2D eigenvalue weighted by atomic mass is 32.1. The minimum absolute atomic E-state index is 0.380. The van der Waals surface area contributed by atoms with Crippen molar-refractivity contribution in [1.82, 2.24) is 9.97 Å². The monoisotopic (exact) mass is 287 g/mol. The third-order valence-corrected chi connectivity index (χ3v) is 3.59. The van der Waals surface area contributed by atoms with Crippen molar-refractivity contribution >= 4 is 39.0 Å². The quantitative estimate of drug-likeness (QED) is 0.505. The zero-order valence-corrected chi connectivity index (χ0v) is 11.6. The summed E-state index contributed by atoms with van der Waals surface area (Å²) in [5.41, 5.74) is 3.36. The van der Waals surface area contributed by atoms with Crippen LogP contribution in [0.3, 0.4) is 0 Å². The lowest BCUT2D eigenvalue weighted by Crippen LogP contribution is -2.11. The highest BCUT2D eigenvalue weighted by Gasteiger charge is 2.09. The van der Waals surface area contributed by atoms with Crippen LogP contribution in [0.25, 0.3) is 10.2 Å². The second-order valence-electron chi connectivity index (χ2n) is 4.04. The van der Waals surface area contributed by atoms with Crippen molar-refractivity contribution in [3.05, 3.63) is 35.7 Å². The molecule has 0 amide bonds. The van der Waals surface area contributed by atoms with Crippen molar-refractivity contribution in [1.29, 1.82) is 0 Å². The van der Waals surface area contributed by atoms with Crippen molar-refractivity contribution in [2.45, 2.75) is 0 Å². The Labute approximate surface area is 119 Å². The number of nitrogen functional groups attached to an aromatic ring is 1. The van der Waals surface area contributed by atoms with Gasteiger partial charge in [-0.15, -0.1) is 11.3 Å². The summed E-state index contributed by atoms with van der Waals surface area (Å²) < 4.78 is 5.21. The molecule has 0 atom stereocenters. The number of ether oxygens (including phenoxy) is 1. The van der Waals surface area contributed by atoms with Crippen molar-refractivity contribution in [2.75, 3.05) is 17.9 Å². The molecule has 0 saturated carbocycles. The summed E-state index contributed by atoms with van der Waals surface area (Å²) in [6.45, 7) is 0. The number of thiophene rings is 1. The minimum Gasteiger partial charge on any atom is -0.497 e. The maximum atomic E-state index is 5.40. The van der Waals surface area contributed by atoms with E-state index in [2.05, 4.69) is 20.7 Å². The molecule has 7 heteroatoms. The van der Waals surface area contributed by atoms with Gasteiger partial charge in [-0.1, -0.05) is 6.07 Å². The van der Waals surface area contributed by atoms with E-state index in [1.807, 2.05) is 35.7 Å². The zero-order valence-electron chi connectivity index (χ0n) is 10.8. The van der Waals surface area contributed by atoms with Crippen LogP contribution in [0.1, 0.15) is 0 Å². The Balaban J connectivity index is 2.02. The highest BCUT2D eigenvalue weighted by molar-refractivity contribution is 7.16. The molecule has 0 saturated heterocycles. The second-order valence-corrected chi connectivity index (χ2v) is 4.93. The second kappa shape index (κ2) is 5.32. The fraction of sp³-hybridized carbons (Fsp3) is 0.0769. The lowest BCUT2D eigenvalue weighted by molar-refractivity contribution is 0.415. The maximum absolute atomic E-state index is 5.40. The molecule has 0 aliphatic rings. The summed E-state index contributed by atoms with van der Waals surface area (Å²) >= 11 is 1.54. The number of nitrogens with two attached hydrogens (primary N) is 1. The van der Waals surface area contributed by atoms with Crippen LogP contribution in [-0.4, -0.2) is 17.1 Å². The standard InChI is InChI=1S/C13H13N5OS/c1-19-9-4-2-3-8(7-9)15-11-10-5-6-20-12(10)17-13(16-11)18-14/h2-7H,14H2,1H3,(H2,15,16,17,18). The SMILES string of the molecule is COc1cccc(Nc2nc(NN)nc3sccc23)c1. The van der Waals surface area contributed by atoms with Gasteiger partial charge < -0.3 is 10.1 Å². The molecule has 0 bridgehead atoms. The van der Waals surface area contributed by atoms with Crippen LogP contribution in [-0.2, 0) is 0 Å². The summed E-state index contributed by atoms with van der Waals surface area (Å²) in [5.74, 6) is 7.27. The Bertz CT molecular complexity index is 742. The summed E-state index contributed by atoms with van der Waals surface area (Å²) in [6.07, 6.45) is 0. The molecule has 0 unspecified atom stereocenters. The summed E-state index contributed by atoms with van der Waals surface area (Å²) in [4.78, 5) is 9.52. The zero-order chi connectivity index (χ0) is 13.9. The van der Waals surface area contributed by atoms with Gasteiger partial charge >= 0.3 is 0 Å². The molecule has 0 spiro atoms. The number of rotatable bonds is 4. The number of aromatic nitrogens is 2. The number of hydrogen-bond acceptors (Lipinski definition) is 7. The van der Waals surface area contributed by atoms with E-state index in [0.717, 1.165) is 21.7 Å². The Morgan fingerprint density at radius 2 is 2.15 bits per heavy atom. The number of hydrazine groups is 1. The van der Waals surface area contributed by atoms with E-state index in [-0.39, 0.29) is 0 Å². The minimum atomic E-state index is 0.380. The van der Waals surface area contributed by atoms with Gasteiger partial charge in [-0.2, -0.15) is 4.98 Å². The van der Waals surface area contributed by atoms with Gasteiger partial charge in [0, 0.05) is 11.8 Å². The van der Waals surface area contributed by atoms with E-state index in [0.29, 0.717) is 11.8 Å². The topological polar surface area (TPSA) is 85.1 Å². The largest absolute Gasteiger partial charge is 0.497 e. The molecule has 0 aliphatic carbocycles. The lowest BCUT2D eigenvalue weighted by atomic mass is 10.3. The van der Waals surface area contributed by atoms with Gasteiger partial charge in [-0.3, -0.25) is 5.43 Å². The molecule has 1 aromatic carbocycles. The predicted molar refractivity (Wildman–Crippen MR) is 81.5 cm³/mol. The first-order chi connectivity index (χ1) is 9.80. The van der Waals surface area contributed by atoms with E-state index >= 15 is 0 Å². The summed E-state index contributed by atoms with van der Waals surface area (Å²) in [6, 6.07) is 9.62. The summed E-state index contributed by atoms with van der Waals surface area (Å²) in [7, 11) is 1.64. The van der Waals surface area contributed by atoms with Gasteiger partial charge in [0.25, 0.3) is 0 Å². The molecule has 2 aromatic heterocycles. The van der Waals surface area contributed by atoms with Gasteiger partial charge in [0.15, 0.2) is 0 Å². The average Bonchev–Trinajstić information content (AvgIpc) is 2.96. The van der Waals surface area contributed by atoms with Crippen molar-refractivity contribution in [3.63, 3.8) is 0 Å². The number of nitrogens with zero attached hydrogens (tertiary/aromatic N) is 2. The first-order valence-corrected chi connectivity index (χ1v) is 6.81. The fourth-order valence-electron chi connectivity index (χ4n) is 1.85. The fourth-order valence-corrected chi connectivity index (χ4v) is 2.62. The highest BCUT2D eigenvalue weighted by Crippen LogP contribution is 2.29. The average molecular weight is 287 g/mol. The number of nitrogens with one attached hydrogen (secondary N) is 2. The van der Waals surface area contributed by atoms with Gasteiger partial charge in [0.05, 0.1) is 12.5 Å². The third-order valence-electron chi connectivity index (χ3n) is 2.79. The van der Waals surface area contributed by atoms with Crippen LogP contribution in [0.5, 0.6) is 5.75 Å². The maximum Gasteiger partial charge on any atom is 0.240 e.